The molecule has 0 aliphatic rings. The summed E-state index contributed by atoms with van der Waals surface area (Å²) in [6.07, 6.45) is 3.40. The standard InChI is InChI=1S/C13H14O5S/c1-18-13(17)4-2-3-9-5-7-11(19-9)10(14)6-8-12(15)16/h2-3,5,7H,4,6,8H2,1H3,(H,15,16). The van der Waals surface area contributed by atoms with Crippen LogP contribution in [0.15, 0.2) is 18.2 Å². The molecule has 1 rings (SSSR count). The summed E-state index contributed by atoms with van der Waals surface area (Å²) in [5.74, 6) is -1.49. The van der Waals surface area contributed by atoms with Gasteiger partial charge in [-0.1, -0.05) is 6.08 Å². The fraction of sp³-hybridized carbons (Fsp3) is 0.308. The van der Waals surface area contributed by atoms with Gasteiger partial charge in [0.2, 0.25) is 0 Å². The summed E-state index contributed by atoms with van der Waals surface area (Å²) < 4.78 is 4.49. The first-order valence-corrected chi connectivity index (χ1v) is 6.42. The number of thiophene rings is 1. The van der Waals surface area contributed by atoms with Gasteiger partial charge in [-0.15, -0.1) is 11.3 Å². The maximum atomic E-state index is 11.6. The summed E-state index contributed by atoms with van der Waals surface area (Å²) in [7, 11) is 1.32. The molecule has 19 heavy (non-hydrogen) atoms. The lowest BCUT2D eigenvalue weighted by molar-refractivity contribution is -0.139. The first-order valence-electron chi connectivity index (χ1n) is 5.61. The topological polar surface area (TPSA) is 80.7 Å². The third-order valence-corrected chi connectivity index (χ3v) is 3.35. The molecule has 0 saturated carbocycles. The number of ketones is 1. The maximum absolute atomic E-state index is 11.6. The summed E-state index contributed by atoms with van der Waals surface area (Å²) in [5, 5.41) is 8.50. The van der Waals surface area contributed by atoms with Crippen molar-refractivity contribution >= 4 is 35.1 Å². The Labute approximate surface area is 114 Å². The number of methoxy groups -OCH3 is 1. The zero-order chi connectivity index (χ0) is 14.3. The van der Waals surface area contributed by atoms with Crippen LogP contribution in [0.2, 0.25) is 0 Å². The fourth-order valence-electron chi connectivity index (χ4n) is 1.29. The second kappa shape index (κ2) is 7.48. The molecule has 6 heteroatoms. The van der Waals surface area contributed by atoms with Crippen LogP contribution in [0.5, 0.6) is 0 Å². The highest BCUT2D eigenvalue weighted by Gasteiger charge is 2.10. The van der Waals surface area contributed by atoms with E-state index in [0.717, 1.165) is 4.88 Å². The molecule has 0 atom stereocenters. The molecule has 0 spiro atoms. The van der Waals surface area contributed by atoms with Gasteiger partial charge in [-0.05, 0) is 18.2 Å². The zero-order valence-electron chi connectivity index (χ0n) is 10.4. The summed E-state index contributed by atoms with van der Waals surface area (Å²) in [5.41, 5.74) is 0. The van der Waals surface area contributed by atoms with Crippen LogP contribution in [-0.2, 0) is 14.3 Å². The number of carboxylic acids is 1. The molecule has 1 aromatic rings. The average Bonchev–Trinajstić information content (AvgIpc) is 2.84. The number of carbonyl (C=O) groups excluding carboxylic acids is 2. The monoisotopic (exact) mass is 282 g/mol. The van der Waals surface area contributed by atoms with Gasteiger partial charge in [0.15, 0.2) is 5.78 Å². The Hall–Kier alpha value is -1.95. The molecule has 0 fully saturated rings. The van der Waals surface area contributed by atoms with Crippen molar-refractivity contribution < 1.29 is 24.2 Å². The average molecular weight is 282 g/mol. The number of rotatable bonds is 7. The van der Waals surface area contributed by atoms with Gasteiger partial charge in [-0.2, -0.15) is 0 Å². The molecule has 1 heterocycles. The number of aliphatic carboxylic acids is 1. The Morgan fingerprint density at radius 3 is 2.68 bits per heavy atom. The summed E-state index contributed by atoms with van der Waals surface area (Å²) in [6.45, 7) is 0. The third kappa shape index (κ3) is 5.48. The minimum atomic E-state index is -0.983. The second-order valence-corrected chi connectivity index (χ2v) is 4.82. The number of carbonyl (C=O) groups is 3. The number of esters is 1. The quantitative estimate of drug-likeness (QED) is 0.613. The van der Waals surface area contributed by atoms with Gasteiger partial charge in [0.1, 0.15) is 0 Å². The summed E-state index contributed by atoms with van der Waals surface area (Å²) in [6, 6.07) is 3.42. The van der Waals surface area contributed by atoms with Crippen molar-refractivity contribution in [2.45, 2.75) is 19.3 Å². The van der Waals surface area contributed by atoms with Crippen molar-refractivity contribution in [2.75, 3.05) is 7.11 Å². The molecule has 0 aliphatic heterocycles. The van der Waals surface area contributed by atoms with Gasteiger partial charge in [-0.3, -0.25) is 14.4 Å². The molecule has 5 nitrogen and oxygen atoms in total. The van der Waals surface area contributed by atoms with Crippen LogP contribution in [0.3, 0.4) is 0 Å². The summed E-state index contributed by atoms with van der Waals surface area (Å²) >= 11 is 1.27. The van der Waals surface area contributed by atoms with E-state index in [2.05, 4.69) is 4.74 Å². The Morgan fingerprint density at radius 2 is 2.05 bits per heavy atom. The smallest absolute Gasteiger partial charge is 0.309 e. The van der Waals surface area contributed by atoms with Gasteiger partial charge in [0.05, 0.1) is 24.8 Å². The SMILES string of the molecule is COC(=O)CC=Cc1ccc(C(=O)CCC(=O)O)s1. The van der Waals surface area contributed by atoms with E-state index in [9.17, 15) is 14.4 Å². The van der Waals surface area contributed by atoms with Crippen molar-refractivity contribution in [2.24, 2.45) is 0 Å². The number of Topliss-reactive ketones (excluding diaryl/α,β-unsaturated/α-hetero) is 1. The lowest BCUT2D eigenvalue weighted by Crippen LogP contribution is -2.01. The van der Waals surface area contributed by atoms with E-state index < -0.39 is 5.97 Å². The Balaban J connectivity index is 2.54. The molecule has 0 amide bonds. The molecule has 0 unspecified atom stereocenters. The van der Waals surface area contributed by atoms with Crippen molar-refractivity contribution in [1.82, 2.24) is 0 Å². The van der Waals surface area contributed by atoms with Gasteiger partial charge in [0.25, 0.3) is 0 Å². The molecular weight excluding hydrogens is 268 g/mol. The van der Waals surface area contributed by atoms with E-state index >= 15 is 0 Å². The number of hydrogen-bond acceptors (Lipinski definition) is 5. The van der Waals surface area contributed by atoms with E-state index in [1.807, 2.05) is 0 Å². The number of hydrogen-bond donors (Lipinski definition) is 1. The van der Waals surface area contributed by atoms with Crippen LogP contribution in [0.4, 0.5) is 0 Å². The van der Waals surface area contributed by atoms with Crippen LogP contribution in [0.25, 0.3) is 6.08 Å². The lowest BCUT2D eigenvalue weighted by Gasteiger charge is -1.93. The fourth-order valence-corrected chi connectivity index (χ4v) is 2.20. The van der Waals surface area contributed by atoms with Crippen LogP contribution in [-0.4, -0.2) is 29.9 Å². The molecule has 1 N–H and O–H groups in total. The largest absolute Gasteiger partial charge is 0.481 e. The van der Waals surface area contributed by atoms with E-state index in [1.165, 1.54) is 18.4 Å². The van der Waals surface area contributed by atoms with Gasteiger partial charge < -0.3 is 9.84 Å². The van der Waals surface area contributed by atoms with E-state index in [0.29, 0.717) is 4.88 Å². The number of ether oxygens (including phenoxy) is 1. The van der Waals surface area contributed by atoms with E-state index in [4.69, 9.17) is 5.11 Å². The Morgan fingerprint density at radius 1 is 1.32 bits per heavy atom. The Bertz CT molecular complexity index is 501. The predicted molar refractivity (Wildman–Crippen MR) is 71.2 cm³/mol. The number of carboxylic acid groups (broad SMARTS) is 1. The highest BCUT2D eigenvalue weighted by Crippen LogP contribution is 2.20. The highest BCUT2D eigenvalue weighted by atomic mass is 32.1. The molecular formula is C13H14O5S. The molecule has 0 bridgehead atoms. The minimum absolute atomic E-state index is 0.00115. The predicted octanol–water partition coefficient (Wildman–Crippen LogP) is 2.37. The first-order chi connectivity index (χ1) is 9.02. The maximum Gasteiger partial charge on any atom is 0.309 e. The van der Waals surface area contributed by atoms with Gasteiger partial charge in [-0.25, -0.2) is 0 Å². The van der Waals surface area contributed by atoms with Crippen LogP contribution >= 0.6 is 11.3 Å². The molecule has 1 aromatic heterocycles. The minimum Gasteiger partial charge on any atom is -0.481 e. The Kier molecular flexibility index (Phi) is 5.95. The molecule has 0 saturated heterocycles. The van der Waals surface area contributed by atoms with Crippen LogP contribution in [0.1, 0.15) is 33.8 Å². The molecule has 0 aromatic carbocycles. The van der Waals surface area contributed by atoms with Crippen LogP contribution in [0, 0.1) is 0 Å². The first kappa shape index (κ1) is 15.1. The molecule has 102 valence electrons. The highest BCUT2D eigenvalue weighted by molar-refractivity contribution is 7.14. The van der Waals surface area contributed by atoms with Gasteiger partial charge >= 0.3 is 11.9 Å². The molecule has 0 aliphatic carbocycles. The molecule has 0 radical (unpaired) electrons. The van der Waals surface area contributed by atoms with E-state index in [1.54, 1.807) is 24.3 Å². The van der Waals surface area contributed by atoms with Gasteiger partial charge in [0, 0.05) is 11.3 Å². The van der Waals surface area contributed by atoms with Crippen LogP contribution < -0.4 is 0 Å². The van der Waals surface area contributed by atoms with Crippen molar-refractivity contribution in [3.05, 3.63) is 28.0 Å². The van der Waals surface area contributed by atoms with Crippen molar-refractivity contribution in [1.29, 1.82) is 0 Å². The zero-order valence-corrected chi connectivity index (χ0v) is 11.2. The third-order valence-electron chi connectivity index (χ3n) is 2.26. The lowest BCUT2D eigenvalue weighted by atomic mass is 10.2. The normalized spacial score (nSPS) is 10.6. The second-order valence-electron chi connectivity index (χ2n) is 3.70. The summed E-state index contributed by atoms with van der Waals surface area (Å²) in [4.78, 5) is 34.3. The van der Waals surface area contributed by atoms with E-state index in [-0.39, 0.29) is 31.0 Å². The van der Waals surface area contributed by atoms with Crippen molar-refractivity contribution in [3.63, 3.8) is 0 Å². The van der Waals surface area contributed by atoms with Crippen molar-refractivity contribution in [3.8, 4) is 0 Å².